The molecule has 0 unspecified atom stereocenters. The topological polar surface area (TPSA) is 29.1 Å². The molecule has 0 spiro atoms. The Labute approximate surface area is 69.4 Å². The number of carbonyl (C=O) groups is 1. The molecule has 2 heteroatoms. The van der Waals surface area contributed by atoms with Crippen LogP contribution < -0.4 is 5.32 Å². The Bertz CT molecular complexity index is 130. The summed E-state index contributed by atoms with van der Waals surface area (Å²) in [5, 5.41) is 2.92. The second-order valence-corrected chi connectivity index (χ2v) is 3.67. The van der Waals surface area contributed by atoms with Gasteiger partial charge in [0.15, 0.2) is 0 Å². The number of unbranched alkanes of at least 4 members (excludes halogenated alkanes) is 1. The first-order valence-electron chi connectivity index (χ1n) is 4.26. The molecule has 0 aromatic carbocycles. The van der Waals surface area contributed by atoms with E-state index in [0.717, 1.165) is 6.42 Å². The molecule has 1 amide bonds. The van der Waals surface area contributed by atoms with Crippen molar-refractivity contribution in [1.29, 1.82) is 0 Å². The minimum atomic E-state index is -0.0259. The fourth-order valence-electron chi connectivity index (χ4n) is 1.16. The van der Waals surface area contributed by atoms with Gasteiger partial charge >= 0.3 is 0 Å². The molecule has 0 atom stereocenters. The molecule has 0 aliphatic carbocycles. The summed E-state index contributed by atoms with van der Waals surface area (Å²) >= 11 is 0. The molecule has 0 saturated carbocycles. The fraction of sp³-hybridized carbons (Fsp3) is 0.889. The fourth-order valence-corrected chi connectivity index (χ4v) is 1.16. The molecular weight excluding hydrogens is 138 g/mol. The number of rotatable bonds is 4. The summed E-state index contributed by atoms with van der Waals surface area (Å²) < 4.78 is 0. The van der Waals surface area contributed by atoms with Crippen molar-refractivity contribution in [3.8, 4) is 0 Å². The summed E-state index contributed by atoms with van der Waals surface area (Å²) in [4.78, 5) is 10.7. The predicted octanol–water partition coefficient (Wildman–Crippen LogP) is 2.09. The van der Waals surface area contributed by atoms with Crippen LogP contribution in [-0.2, 0) is 4.79 Å². The summed E-state index contributed by atoms with van der Waals surface area (Å²) in [6.45, 7) is 7.84. The van der Waals surface area contributed by atoms with Gasteiger partial charge in [-0.25, -0.2) is 0 Å². The van der Waals surface area contributed by atoms with Crippen LogP contribution in [0.25, 0.3) is 0 Å². The van der Waals surface area contributed by atoms with Gasteiger partial charge in [0.2, 0.25) is 5.91 Å². The average Bonchev–Trinajstić information content (AvgIpc) is 1.81. The van der Waals surface area contributed by atoms with Crippen LogP contribution in [-0.4, -0.2) is 11.4 Å². The summed E-state index contributed by atoms with van der Waals surface area (Å²) in [5.74, 6) is 0.0612. The molecule has 0 radical (unpaired) electrons. The normalized spacial score (nSPS) is 11.3. The van der Waals surface area contributed by atoms with E-state index in [1.54, 1.807) is 6.92 Å². The SMILES string of the molecule is CCCCC(C)(C)NC(C)=O. The molecule has 66 valence electrons. The first-order valence-corrected chi connectivity index (χ1v) is 4.26. The van der Waals surface area contributed by atoms with Gasteiger partial charge in [-0.2, -0.15) is 0 Å². The molecule has 0 aromatic heterocycles. The van der Waals surface area contributed by atoms with E-state index >= 15 is 0 Å². The van der Waals surface area contributed by atoms with Crippen molar-refractivity contribution >= 4 is 5.91 Å². The molecule has 2 nitrogen and oxygen atoms in total. The Morgan fingerprint density at radius 2 is 2.00 bits per heavy atom. The maximum absolute atomic E-state index is 10.7. The average molecular weight is 157 g/mol. The highest BCUT2D eigenvalue weighted by atomic mass is 16.1. The maximum Gasteiger partial charge on any atom is 0.217 e. The molecule has 0 aliphatic rings. The van der Waals surface area contributed by atoms with E-state index in [2.05, 4.69) is 26.1 Å². The first-order chi connectivity index (χ1) is 4.98. The van der Waals surface area contributed by atoms with Gasteiger partial charge in [0.1, 0.15) is 0 Å². The lowest BCUT2D eigenvalue weighted by Crippen LogP contribution is -2.42. The molecule has 11 heavy (non-hydrogen) atoms. The quantitative estimate of drug-likeness (QED) is 0.665. The zero-order valence-corrected chi connectivity index (χ0v) is 8.03. The molecule has 0 fully saturated rings. The van der Waals surface area contributed by atoms with E-state index < -0.39 is 0 Å². The van der Waals surface area contributed by atoms with Gasteiger partial charge in [-0.15, -0.1) is 0 Å². The molecule has 0 heterocycles. The Balaban J connectivity index is 3.70. The smallest absolute Gasteiger partial charge is 0.217 e. The molecule has 0 saturated heterocycles. The monoisotopic (exact) mass is 157 g/mol. The number of carbonyl (C=O) groups excluding carboxylic acids is 1. The van der Waals surface area contributed by atoms with Crippen molar-refractivity contribution in [1.82, 2.24) is 5.32 Å². The Morgan fingerprint density at radius 1 is 1.45 bits per heavy atom. The van der Waals surface area contributed by atoms with E-state index in [0.29, 0.717) is 0 Å². The third-order valence-corrected chi connectivity index (χ3v) is 1.67. The summed E-state index contributed by atoms with van der Waals surface area (Å²) in [6.07, 6.45) is 3.42. The summed E-state index contributed by atoms with van der Waals surface area (Å²) in [7, 11) is 0. The van der Waals surface area contributed by atoms with Crippen molar-refractivity contribution in [3.63, 3.8) is 0 Å². The van der Waals surface area contributed by atoms with Crippen LogP contribution in [0, 0.1) is 0 Å². The summed E-state index contributed by atoms with van der Waals surface area (Å²) in [5.41, 5.74) is -0.0259. The van der Waals surface area contributed by atoms with Crippen LogP contribution in [0.4, 0.5) is 0 Å². The molecule has 1 N–H and O–H groups in total. The van der Waals surface area contributed by atoms with E-state index in [4.69, 9.17) is 0 Å². The van der Waals surface area contributed by atoms with Gasteiger partial charge in [0.25, 0.3) is 0 Å². The van der Waals surface area contributed by atoms with Gasteiger partial charge in [-0.3, -0.25) is 4.79 Å². The highest BCUT2D eigenvalue weighted by molar-refractivity contribution is 5.73. The molecule has 0 bridgehead atoms. The van der Waals surface area contributed by atoms with Crippen molar-refractivity contribution in [2.75, 3.05) is 0 Å². The van der Waals surface area contributed by atoms with E-state index in [1.807, 2.05) is 0 Å². The van der Waals surface area contributed by atoms with Gasteiger partial charge in [-0.1, -0.05) is 19.8 Å². The van der Waals surface area contributed by atoms with E-state index in [9.17, 15) is 4.79 Å². The highest BCUT2D eigenvalue weighted by Crippen LogP contribution is 2.11. The van der Waals surface area contributed by atoms with Crippen LogP contribution in [0.5, 0.6) is 0 Å². The molecule has 0 aromatic rings. The third-order valence-electron chi connectivity index (χ3n) is 1.67. The zero-order valence-electron chi connectivity index (χ0n) is 8.03. The van der Waals surface area contributed by atoms with Gasteiger partial charge in [0.05, 0.1) is 0 Å². The number of nitrogens with one attached hydrogen (secondary N) is 1. The van der Waals surface area contributed by atoms with E-state index in [-0.39, 0.29) is 11.4 Å². The number of hydrogen-bond donors (Lipinski definition) is 1. The van der Waals surface area contributed by atoms with Crippen LogP contribution in [0.2, 0.25) is 0 Å². The summed E-state index contributed by atoms with van der Waals surface area (Å²) in [6, 6.07) is 0. The van der Waals surface area contributed by atoms with Crippen molar-refractivity contribution < 1.29 is 4.79 Å². The maximum atomic E-state index is 10.7. The first kappa shape index (κ1) is 10.5. The second-order valence-electron chi connectivity index (χ2n) is 3.67. The number of hydrogen-bond acceptors (Lipinski definition) is 1. The van der Waals surface area contributed by atoms with Gasteiger partial charge in [-0.05, 0) is 20.3 Å². The Kier molecular flexibility index (Phi) is 4.16. The van der Waals surface area contributed by atoms with E-state index in [1.165, 1.54) is 12.8 Å². The Morgan fingerprint density at radius 3 is 2.36 bits per heavy atom. The lowest BCUT2D eigenvalue weighted by molar-refractivity contribution is -0.120. The lowest BCUT2D eigenvalue weighted by Gasteiger charge is -2.25. The third kappa shape index (κ3) is 5.89. The largest absolute Gasteiger partial charge is 0.351 e. The molecular formula is C9H19NO. The van der Waals surface area contributed by atoms with Gasteiger partial charge in [0, 0.05) is 12.5 Å². The van der Waals surface area contributed by atoms with Crippen molar-refractivity contribution in [3.05, 3.63) is 0 Å². The lowest BCUT2D eigenvalue weighted by atomic mass is 9.97. The molecule has 0 rings (SSSR count). The predicted molar refractivity (Wildman–Crippen MR) is 47.4 cm³/mol. The van der Waals surface area contributed by atoms with Crippen molar-refractivity contribution in [2.45, 2.75) is 52.5 Å². The number of amides is 1. The van der Waals surface area contributed by atoms with Crippen LogP contribution in [0.3, 0.4) is 0 Å². The van der Waals surface area contributed by atoms with Crippen molar-refractivity contribution in [2.24, 2.45) is 0 Å². The highest BCUT2D eigenvalue weighted by Gasteiger charge is 2.16. The van der Waals surface area contributed by atoms with Crippen LogP contribution in [0.15, 0.2) is 0 Å². The minimum Gasteiger partial charge on any atom is -0.351 e. The standard InChI is InChI=1S/C9H19NO/c1-5-6-7-9(3,4)10-8(2)11/h5-7H2,1-4H3,(H,10,11). The van der Waals surface area contributed by atoms with Gasteiger partial charge < -0.3 is 5.32 Å². The van der Waals surface area contributed by atoms with Crippen LogP contribution >= 0.6 is 0 Å². The second kappa shape index (κ2) is 4.37. The van der Waals surface area contributed by atoms with Crippen LogP contribution in [0.1, 0.15) is 47.0 Å². The Hall–Kier alpha value is -0.530. The molecule has 0 aliphatic heterocycles. The zero-order chi connectivity index (χ0) is 8.91. The minimum absolute atomic E-state index is 0.0259.